The van der Waals surface area contributed by atoms with Gasteiger partial charge in [-0.05, 0) is 38.1 Å². The zero-order valence-corrected chi connectivity index (χ0v) is 14.7. The van der Waals surface area contributed by atoms with Crippen LogP contribution in [0.3, 0.4) is 0 Å². The fourth-order valence-electron chi connectivity index (χ4n) is 2.42. The highest BCUT2D eigenvalue weighted by Gasteiger charge is 2.15. The lowest BCUT2D eigenvalue weighted by molar-refractivity contribution is 0.342. The molecule has 0 aliphatic rings. The number of aromatic nitrogens is 2. The average Bonchev–Trinajstić information content (AvgIpc) is 2.64. The summed E-state index contributed by atoms with van der Waals surface area (Å²) in [7, 11) is 0. The predicted molar refractivity (Wildman–Crippen MR) is 97.3 cm³/mol. The van der Waals surface area contributed by atoms with E-state index in [-0.39, 0.29) is 11.6 Å². The van der Waals surface area contributed by atoms with Crippen LogP contribution in [0.2, 0.25) is 0 Å². The second kappa shape index (κ2) is 7.94. The molecule has 0 radical (unpaired) electrons. The van der Waals surface area contributed by atoms with Gasteiger partial charge in [-0.15, -0.1) is 0 Å². The number of hydrogen-bond donors (Lipinski definition) is 2. The third-order valence-corrected chi connectivity index (χ3v) is 3.59. The van der Waals surface area contributed by atoms with Crippen molar-refractivity contribution in [3.05, 3.63) is 65.6 Å². The van der Waals surface area contributed by atoms with Gasteiger partial charge >= 0.3 is 0 Å². The van der Waals surface area contributed by atoms with Crippen LogP contribution >= 0.6 is 0 Å². The summed E-state index contributed by atoms with van der Waals surface area (Å²) in [4.78, 5) is 8.39. The molecule has 0 amide bonds. The van der Waals surface area contributed by atoms with E-state index in [1.54, 1.807) is 13.0 Å². The number of nitrogens with one attached hydrogen (secondary N) is 2. The molecule has 2 N–H and O–H groups in total. The molecule has 0 atom stereocenters. The number of rotatable bonds is 6. The van der Waals surface area contributed by atoms with Gasteiger partial charge in [-0.1, -0.05) is 12.1 Å². The molecule has 1 heterocycles. The Morgan fingerprint density at radius 2 is 1.70 bits per heavy atom. The van der Waals surface area contributed by atoms with Crippen LogP contribution in [0.25, 0.3) is 0 Å². The van der Waals surface area contributed by atoms with Crippen molar-refractivity contribution in [1.29, 1.82) is 0 Å². The molecule has 5 nitrogen and oxygen atoms in total. The molecule has 140 valence electrons. The third kappa shape index (κ3) is 4.28. The monoisotopic (exact) mass is 374 g/mol. The van der Waals surface area contributed by atoms with Gasteiger partial charge in [0, 0.05) is 11.8 Å². The lowest BCUT2D eigenvalue weighted by Crippen LogP contribution is -2.05. The van der Waals surface area contributed by atoms with Crippen LogP contribution in [0.1, 0.15) is 12.6 Å². The number of ether oxygens (including phenoxy) is 1. The summed E-state index contributed by atoms with van der Waals surface area (Å²) in [5.41, 5.74) is 1.02. The average molecular weight is 374 g/mol. The van der Waals surface area contributed by atoms with Crippen LogP contribution in [0.15, 0.2) is 42.5 Å². The molecule has 8 heteroatoms. The molecule has 0 aliphatic carbocycles. The molecule has 2 aromatic carbocycles. The molecule has 0 unspecified atom stereocenters. The number of nitrogens with zero attached hydrogens (tertiary/aromatic N) is 2. The van der Waals surface area contributed by atoms with Crippen LogP contribution in [0.4, 0.5) is 36.3 Å². The fourth-order valence-corrected chi connectivity index (χ4v) is 2.42. The van der Waals surface area contributed by atoms with Crippen LogP contribution < -0.4 is 15.4 Å². The minimum atomic E-state index is -1.56. The number of para-hydroxylation sites is 2. The highest BCUT2D eigenvalue weighted by molar-refractivity contribution is 5.65. The maximum Gasteiger partial charge on any atom is 0.229 e. The van der Waals surface area contributed by atoms with E-state index in [4.69, 9.17) is 4.74 Å². The second-order valence-corrected chi connectivity index (χ2v) is 5.62. The zero-order valence-electron chi connectivity index (χ0n) is 14.7. The van der Waals surface area contributed by atoms with Crippen LogP contribution in [-0.2, 0) is 0 Å². The van der Waals surface area contributed by atoms with Gasteiger partial charge in [0.15, 0.2) is 17.5 Å². The summed E-state index contributed by atoms with van der Waals surface area (Å²) < 4.78 is 45.9. The lowest BCUT2D eigenvalue weighted by atomic mass is 10.3. The van der Waals surface area contributed by atoms with Crippen molar-refractivity contribution >= 4 is 23.1 Å². The summed E-state index contributed by atoms with van der Waals surface area (Å²) in [6, 6.07) is 10.9. The van der Waals surface area contributed by atoms with Crippen molar-refractivity contribution in [2.45, 2.75) is 13.8 Å². The number of hydrogen-bond acceptors (Lipinski definition) is 5. The van der Waals surface area contributed by atoms with Crippen LogP contribution in [0.5, 0.6) is 5.75 Å². The SMILES string of the molecule is CCOc1ccccc1Nc1cc(C)nc(Nc2ccc(F)c(F)c2F)n1. The topological polar surface area (TPSA) is 59.1 Å². The Morgan fingerprint density at radius 3 is 2.48 bits per heavy atom. The molecular formula is C19H17F3N4O. The van der Waals surface area contributed by atoms with Gasteiger partial charge in [-0.25, -0.2) is 18.2 Å². The molecule has 0 bridgehead atoms. The Bertz CT molecular complexity index is 966. The van der Waals surface area contributed by atoms with E-state index < -0.39 is 17.5 Å². The molecule has 0 spiro atoms. The molecule has 0 aliphatic heterocycles. The molecule has 1 aromatic heterocycles. The highest BCUT2D eigenvalue weighted by atomic mass is 19.2. The maximum atomic E-state index is 13.9. The van der Waals surface area contributed by atoms with Crippen molar-refractivity contribution in [3.8, 4) is 5.75 Å². The Labute approximate surface area is 154 Å². The van der Waals surface area contributed by atoms with Crippen LogP contribution in [-0.4, -0.2) is 16.6 Å². The number of aryl methyl sites for hydroxylation is 1. The van der Waals surface area contributed by atoms with Gasteiger partial charge in [0.25, 0.3) is 0 Å². The van der Waals surface area contributed by atoms with Gasteiger partial charge in [0.1, 0.15) is 11.6 Å². The number of halogens is 3. The van der Waals surface area contributed by atoms with Crippen LogP contribution in [0, 0.1) is 24.4 Å². The Kier molecular flexibility index (Phi) is 5.44. The Morgan fingerprint density at radius 1 is 0.926 bits per heavy atom. The Hall–Kier alpha value is -3.29. The largest absolute Gasteiger partial charge is 0.492 e. The lowest BCUT2D eigenvalue weighted by Gasteiger charge is -2.13. The molecule has 0 fully saturated rings. The van der Waals surface area contributed by atoms with Gasteiger partial charge in [-0.2, -0.15) is 4.98 Å². The summed E-state index contributed by atoms with van der Waals surface area (Å²) in [5, 5.41) is 5.69. The van der Waals surface area contributed by atoms with E-state index in [0.717, 1.165) is 12.1 Å². The van der Waals surface area contributed by atoms with E-state index in [0.29, 0.717) is 29.6 Å². The summed E-state index contributed by atoms with van der Waals surface area (Å²) >= 11 is 0. The molecule has 27 heavy (non-hydrogen) atoms. The summed E-state index contributed by atoms with van der Waals surface area (Å²) in [6.45, 7) is 4.11. The fraction of sp³-hybridized carbons (Fsp3) is 0.158. The van der Waals surface area contributed by atoms with E-state index >= 15 is 0 Å². The standard InChI is InChI=1S/C19H17F3N4O/c1-3-27-15-7-5-4-6-13(15)24-16-10-11(2)23-19(26-16)25-14-9-8-12(20)17(21)18(14)22/h4-10H,3H2,1-2H3,(H2,23,24,25,26). The first-order valence-electron chi connectivity index (χ1n) is 8.23. The normalized spacial score (nSPS) is 10.6. The molecular weight excluding hydrogens is 357 g/mol. The number of benzene rings is 2. The smallest absolute Gasteiger partial charge is 0.229 e. The number of anilines is 4. The quantitative estimate of drug-likeness (QED) is 0.589. The van der Waals surface area contributed by atoms with Gasteiger partial charge in [0.05, 0.1) is 18.0 Å². The molecule has 3 rings (SSSR count). The third-order valence-electron chi connectivity index (χ3n) is 3.59. The minimum Gasteiger partial charge on any atom is -0.492 e. The second-order valence-electron chi connectivity index (χ2n) is 5.62. The van der Waals surface area contributed by atoms with E-state index in [2.05, 4.69) is 20.6 Å². The summed E-state index contributed by atoms with van der Waals surface area (Å²) in [6.07, 6.45) is 0. The van der Waals surface area contributed by atoms with E-state index in [9.17, 15) is 13.2 Å². The van der Waals surface area contributed by atoms with Crippen molar-refractivity contribution in [3.63, 3.8) is 0 Å². The Balaban J connectivity index is 1.88. The first kappa shape index (κ1) is 18.5. The molecule has 0 saturated heterocycles. The van der Waals surface area contributed by atoms with E-state index in [1.165, 1.54) is 0 Å². The van der Waals surface area contributed by atoms with Crippen molar-refractivity contribution < 1.29 is 17.9 Å². The van der Waals surface area contributed by atoms with Crippen molar-refractivity contribution in [1.82, 2.24) is 9.97 Å². The molecule has 3 aromatic rings. The minimum absolute atomic E-state index is 0.0382. The maximum absolute atomic E-state index is 13.9. The van der Waals surface area contributed by atoms with Gasteiger partial charge in [-0.3, -0.25) is 0 Å². The first-order chi connectivity index (χ1) is 13.0. The predicted octanol–water partition coefficient (Wildman–Crippen LogP) is 5.09. The molecule has 0 saturated carbocycles. The first-order valence-corrected chi connectivity index (χ1v) is 8.23. The van der Waals surface area contributed by atoms with E-state index in [1.807, 2.05) is 31.2 Å². The van der Waals surface area contributed by atoms with Crippen molar-refractivity contribution in [2.24, 2.45) is 0 Å². The van der Waals surface area contributed by atoms with Crippen molar-refractivity contribution in [2.75, 3.05) is 17.2 Å². The van der Waals surface area contributed by atoms with Gasteiger partial charge in [0.2, 0.25) is 5.95 Å². The summed E-state index contributed by atoms with van der Waals surface area (Å²) in [5.74, 6) is -3.04. The highest BCUT2D eigenvalue weighted by Crippen LogP contribution is 2.28. The van der Waals surface area contributed by atoms with Gasteiger partial charge < -0.3 is 15.4 Å². The zero-order chi connectivity index (χ0) is 19.4.